The van der Waals surface area contributed by atoms with Crippen LogP contribution in [0.15, 0.2) is 48.5 Å². The molecule has 9 nitrogen and oxygen atoms in total. The first-order valence-corrected chi connectivity index (χ1v) is 8.30. The van der Waals surface area contributed by atoms with E-state index < -0.39 is 11.0 Å². The van der Waals surface area contributed by atoms with Crippen LogP contribution in [-0.4, -0.2) is 36.6 Å². The van der Waals surface area contributed by atoms with Crippen molar-refractivity contribution in [3.63, 3.8) is 0 Å². The predicted molar refractivity (Wildman–Crippen MR) is 101 cm³/mol. The number of hydrogen-bond acceptors (Lipinski definition) is 6. The van der Waals surface area contributed by atoms with Gasteiger partial charge in [0.2, 0.25) is 0 Å². The number of hydrogen-bond donors (Lipinski definition) is 3. The summed E-state index contributed by atoms with van der Waals surface area (Å²) in [7, 11) is 0. The molecule has 2 amide bonds. The van der Waals surface area contributed by atoms with Crippen LogP contribution in [0.1, 0.15) is 17.3 Å². The van der Waals surface area contributed by atoms with E-state index in [9.17, 15) is 19.7 Å². The van der Waals surface area contributed by atoms with Gasteiger partial charge in [-0.1, -0.05) is 6.07 Å². The first-order valence-electron chi connectivity index (χ1n) is 8.30. The van der Waals surface area contributed by atoms with Gasteiger partial charge in [-0.25, -0.2) is 4.79 Å². The maximum Gasteiger partial charge on any atom is 0.411 e. The van der Waals surface area contributed by atoms with E-state index in [1.165, 1.54) is 12.1 Å². The Balaban J connectivity index is 1.80. The zero-order valence-electron chi connectivity index (χ0n) is 14.7. The summed E-state index contributed by atoms with van der Waals surface area (Å²) < 4.78 is 4.79. The molecule has 0 unspecified atom stereocenters. The highest BCUT2D eigenvalue weighted by molar-refractivity contribution is 5.96. The smallest absolute Gasteiger partial charge is 0.411 e. The lowest BCUT2D eigenvalue weighted by molar-refractivity contribution is -0.384. The average Bonchev–Trinajstić information content (AvgIpc) is 2.65. The molecule has 142 valence electrons. The van der Waals surface area contributed by atoms with E-state index in [0.717, 1.165) is 5.69 Å². The van der Waals surface area contributed by atoms with Crippen molar-refractivity contribution in [2.75, 3.05) is 30.3 Å². The zero-order chi connectivity index (χ0) is 19.6. The molecule has 0 aliphatic heterocycles. The van der Waals surface area contributed by atoms with E-state index in [2.05, 4.69) is 16.0 Å². The van der Waals surface area contributed by atoms with Crippen molar-refractivity contribution in [2.45, 2.75) is 6.92 Å². The third-order valence-electron chi connectivity index (χ3n) is 3.46. The Morgan fingerprint density at radius 1 is 1.07 bits per heavy atom. The molecule has 2 aromatic carbocycles. The molecule has 0 aliphatic carbocycles. The molecule has 0 atom stereocenters. The van der Waals surface area contributed by atoms with Gasteiger partial charge in [-0.05, 0) is 37.3 Å². The van der Waals surface area contributed by atoms with Crippen LogP contribution in [0.25, 0.3) is 0 Å². The molecule has 0 bridgehead atoms. The molecule has 2 rings (SSSR count). The molecule has 0 radical (unpaired) electrons. The fraction of sp³-hybridized carbons (Fsp3) is 0.222. The Hall–Kier alpha value is -3.62. The van der Waals surface area contributed by atoms with Crippen LogP contribution in [0.5, 0.6) is 0 Å². The Bertz CT molecular complexity index is 808. The molecule has 0 saturated heterocycles. The number of nitrogens with zero attached hydrogens (tertiary/aromatic N) is 1. The van der Waals surface area contributed by atoms with Gasteiger partial charge in [0, 0.05) is 42.2 Å². The van der Waals surface area contributed by atoms with Crippen LogP contribution in [0, 0.1) is 10.1 Å². The van der Waals surface area contributed by atoms with Gasteiger partial charge >= 0.3 is 6.09 Å². The minimum atomic E-state index is -0.581. The minimum Gasteiger partial charge on any atom is -0.450 e. The molecule has 3 N–H and O–H groups in total. The number of rotatable bonds is 8. The van der Waals surface area contributed by atoms with Gasteiger partial charge in [-0.2, -0.15) is 0 Å². The highest BCUT2D eigenvalue weighted by Gasteiger charge is 2.08. The summed E-state index contributed by atoms with van der Waals surface area (Å²) in [4.78, 5) is 33.7. The molecular weight excluding hydrogens is 352 g/mol. The number of carbonyl (C=O) groups is 2. The van der Waals surface area contributed by atoms with Gasteiger partial charge in [-0.15, -0.1) is 0 Å². The molecule has 27 heavy (non-hydrogen) atoms. The topological polar surface area (TPSA) is 123 Å². The van der Waals surface area contributed by atoms with Gasteiger partial charge in [0.05, 0.1) is 11.5 Å². The van der Waals surface area contributed by atoms with Crippen LogP contribution < -0.4 is 16.0 Å². The number of benzene rings is 2. The summed E-state index contributed by atoms with van der Waals surface area (Å²) >= 11 is 0. The highest BCUT2D eigenvalue weighted by Crippen LogP contribution is 2.15. The molecule has 0 aromatic heterocycles. The fourth-order valence-corrected chi connectivity index (χ4v) is 2.21. The van der Waals surface area contributed by atoms with Gasteiger partial charge in [0.1, 0.15) is 0 Å². The zero-order valence-corrected chi connectivity index (χ0v) is 14.7. The fourth-order valence-electron chi connectivity index (χ4n) is 2.21. The summed E-state index contributed by atoms with van der Waals surface area (Å²) in [6, 6.07) is 12.5. The molecule has 0 heterocycles. The number of nitrogens with one attached hydrogen (secondary N) is 3. The second-order valence-electron chi connectivity index (χ2n) is 5.41. The Kier molecular flexibility index (Phi) is 7.12. The Labute approximate surface area is 155 Å². The number of anilines is 2. The van der Waals surface area contributed by atoms with Crippen LogP contribution in [-0.2, 0) is 4.74 Å². The molecule has 0 fully saturated rings. The first-order chi connectivity index (χ1) is 13.0. The molecular formula is C18H20N4O5. The molecule has 0 saturated carbocycles. The summed E-state index contributed by atoms with van der Waals surface area (Å²) in [6.45, 7) is 2.76. The molecule has 2 aromatic rings. The number of carbonyl (C=O) groups excluding carboxylic acids is 2. The summed E-state index contributed by atoms with van der Waals surface area (Å²) in [6.07, 6.45) is -0.581. The summed E-state index contributed by atoms with van der Waals surface area (Å²) in [5.74, 6) is -0.284. The standard InChI is InChI=1S/C18H20N4O5/c1-2-27-18(24)21-15-5-3-4-13(12-15)17(23)20-11-10-19-14-6-8-16(9-7-14)22(25)26/h3-9,12,19H,2,10-11H2,1H3,(H,20,23)(H,21,24). The number of ether oxygens (including phenoxy) is 1. The lowest BCUT2D eigenvalue weighted by atomic mass is 10.2. The van der Waals surface area contributed by atoms with Gasteiger partial charge in [0.15, 0.2) is 0 Å². The average molecular weight is 372 g/mol. The minimum absolute atomic E-state index is 0.0187. The van der Waals surface area contributed by atoms with Crippen LogP contribution >= 0.6 is 0 Å². The van der Waals surface area contributed by atoms with Crippen LogP contribution in [0.3, 0.4) is 0 Å². The third-order valence-corrected chi connectivity index (χ3v) is 3.46. The van der Waals surface area contributed by atoms with Crippen molar-refractivity contribution in [3.8, 4) is 0 Å². The van der Waals surface area contributed by atoms with E-state index >= 15 is 0 Å². The molecule has 0 aliphatic rings. The van der Waals surface area contributed by atoms with Crippen molar-refractivity contribution in [1.29, 1.82) is 0 Å². The van der Waals surface area contributed by atoms with Gasteiger partial charge < -0.3 is 15.4 Å². The quantitative estimate of drug-likeness (QED) is 0.372. The first kappa shape index (κ1) is 19.7. The van der Waals surface area contributed by atoms with Crippen molar-refractivity contribution >= 4 is 29.1 Å². The second-order valence-corrected chi connectivity index (χ2v) is 5.41. The van der Waals surface area contributed by atoms with Crippen molar-refractivity contribution < 1.29 is 19.2 Å². The van der Waals surface area contributed by atoms with Crippen molar-refractivity contribution in [3.05, 3.63) is 64.2 Å². The maximum absolute atomic E-state index is 12.2. The Morgan fingerprint density at radius 3 is 2.48 bits per heavy atom. The second kappa shape index (κ2) is 9.76. The molecule has 0 spiro atoms. The largest absolute Gasteiger partial charge is 0.450 e. The van der Waals surface area contributed by atoms with Gasteiger partial charge in [0.25, 0.3) is 11.6 Å². The molecule has 9 heteroatoms. The van der Waals surface area contributed by atoms with Gasteiger partial charge in [-0.3, -0.25) is 20.2 Å². The number of nitro groups is 1. The van der Waals surface area contributed by atoms with E-state index in [1.54, 1.807) is 43.3 Å². The Morgan fingerprint density at radius 2 is 1.81 bits per heavy atom. The van der Waals surface area contributed by atoms with E-state index in [-0.39, 0.29) is 18.2 Å². The monoisotopic (exact) mass is 372 g/mol. The van der Waals surface area contributed by atoms with Crippen LogP contribution in [0.2, 0.25) is 0 Å². The summed E-state index contributed by atoms with van der Waals surface area (Å²) in [5, 5.41) is 19.0. The van der Waals surface area contributed by atoms with Crippen molar-refractivity contribution in [1.82, 2.24) is 5.32 Å². The maximum atomic E-state index is 12.2. The van der Waals surface area contributed by atoms with E-state index in [4.69, 9.17) is 4.74 Å². The lowest BCUT2D eigenvalue weighted by Gasteiger charge is -2.09. The van der Waals surface area contributed by atoms with Crippen molar-refractivity contribution in [2.24, 2.45) is 0 Å². The lowest BCUT2D eigenvalue weighted by Crippen LogP contribution is -2.28. The third kappa shape index (κ3) is 6.31. The predicted octanol–water partition coefficient (Wildman–Crippen LogP) is 3.01. The highest BCUT2D eigenvalue weighted by atomic mass is 16.6. The van der Waals surface area contributed by atoms with E-state index in [1.807, 2.05) is 0 Å². The number of nitro benzene ring substituents is 1. The van der Waals surface area contributed by atoms with Crippen LogP contribution in [0.4, 0.5) is 21.9 Å². The number of non-ortho nitro benzene ring substituents is 1. The number of amides is 2. The summed E-state index contributed by atoms with van der Waals surface area (Å²) in [5.41, 5.74) is 1.60. The normalized spacial score (nSPS) is 9.96. The van der Waals surface area contributed by atoms with E-state index in [0.29, 0.717) is 24.3 Å². The SMILES string of the molecule is CCOC(=O)Nc1cccc(C(=O)NCCNc2ccc([N+](=O)[O-])cc2)c1.